The average Bonchev–Trinajstić information content (AvgIpc) is 2.18. The molecule has 1 nitrogen and oxygen atoms in total. The first-order valence-electron chi connectivity index (χ1n) is 5.63. The fraction of sp³-hybridized carbons (Fsp3) is 0.500. The van der Waals surface area contributed by atoms with E-state index in [9.17, 15) is 4.79 Å². The molecular weight excluding hydrogens is 264 g/mol. The van der Waals surface area contributed by atoms with Gasteiger partial charge in [-0.3, -0.25) is 4.79 Å². The molecule has 0 unspecified atom stereocenters. The largest absolute Gasteiger partial charge is 0.299 e. The van der Waals surface area contributed by atoms with Gasteiger partial charge >= 0.3 is 0 Å². The summed E-state index contributed by atoms with van der Waals surface area (Å²) in [6.07, 6.45) is 2.20. The lowest BCUT2D eigenvalue weighted by Crippen LogP contribution is -2.10. The lowest BCUT2D eigenvalue weighted by atomic mass is 9.89. The van der Waals surface area contributed by atoms with Crippen LogP contribution in [0.1, 0.15) is 39.2 Å². The molecule has 0 saturated heterocycles. The highest BCUT2D eigenvalue weighted by atomic mass is 79.9. The van der Waals surface area contributed by atoms with Crippen LogP contribution < -0.4 is 0 Å². The zero-order chi connectivity index (χ0) is 12.2. The summed E-state index contributed by atoms with van der Waals surface area (Å²) in [6, 6.07) is 7.96. The molecule has 0 aliphatic heterocycles. The predicted molar refractivity (Wildman–Crippen MR) is 71.5 cm³/mol. The summed E-state index contributed by atoms with van der Waals surface area (Å²) in [7, 11) is 0. The molecule has 2 heteroatoms. The zero-order valence-corrected chi connectivity index (χ0v) is 11.8. The van der Waals surface area contributed by atoms with Gasteiger partial charge in [-0.25, -0.2) is 0 Å². The number of carbonyl (C=O) groups is 1. The maximum atomic E-state index is 11.7. The standard InChI is InChI=1S/C14H19BrO/c1-14(2,3)9-8-13(16)10-11-4-6-12(15)7-5-11/h4-7H,8-10H2,1-3H3. The van der Waals surface area contributed by atoms with Crippen molar-refractivity contribution >= 4 is 21.7 Å². The molecule has 0 spiro atoms. The Morgan fingerprint density at radius 2 is 1.75 bits per heavy atom. The van der Waals surface area contributed by atoms with E-state index in [4.69, 9.17) is 0 Å². The van der Waals surface area contributed by atoms with E-state index in [2.05, 4.69) is 36.7 Å². The van der Waals surface area contributed by atoms with E-state index in [-0.39, 0.29) is 5.41 Å². The van der Waals surface area contributed by atoms with Crippen molar-refractivity contribution in [2.45, 2.75) is 40.0 Å². The third-order valence-electron chi connectivity index (χ3n) is 2.47. The molecule has 0 aliphatic carbocycles. The fourth-order valence-corrected chi connectivity index (χ4v) is 1.70. The summed E-state index contributed by atoms with van der Waals surface area (Å²) in [5.41, 5.74) is 1.34. The van der Waals surface area contributed by atoms with Crippen LogP contribution in [0.15, 0.2) is 28.7 Å². The van der Waals surface area contributed by atoms with Gasteiger partial charge in [0.15, 0.2) is 0 Å². The Bertz CT molecular complexity index is 346. The van der Waals surface area contributed by atoms with E-state index < -0.39 is 0 Å². The molecule has 16 heavy (non-hydrogen) atoms. The smallest absolute Gasteiger partial charge is 0.137 e. The normalized spacial score (nSPS) is 11.5. The van der Waals surface area contributed by atoms with E-state index in [1.54, 1.807) is 0 Å². The molecule has 0 bridgehead atoms. The minimum atomic E-state index is 0.245. The number of hydrogen-bond donors (Lipinski definition) is 0. The maximum absolute atomic E-state index is 11.7. The lowest BCUT2D eigenvalue weighted by molar-refractivity contribution is -0.118. The second-order valence-electron chi connectivity index (χ2n) is 5.40. The Morgan fingerprint density at radius 3 is 2.25 bits per heavy atom. The number of ketones is 1. The number of halogens is 1. The van der Waals surface area contributed by atoms with E-state index in [1.807, 2.05) is 24.3 Å². The van der Waals surface area contributed by atoms with Crippen molar-refractivity contribution in [3.8, 4) is 0 Å². The SMILES string of the molecule is CC(C)(C)CCC(=O)Cc1ccc(Br)cc1. The van der Waals surface area contributed by atoms with Crippen LogP contribution in [-0.2, 0) is 11.2 Å². The highest BCUT2D eigenvalue weighted by molar-refractivity contribution is 9.10. The molecule has 0 amide bonds. The molecule has 0 aromatic heterocycles. The van der Waals surface area contributed by atoms with Gasteiger partial charge in [-0.1, -0.05) is 48.8 Å². The lowest BCUT2D eigenvalue weighted by Gasteiger charge is -2.16. The van der Waals surface area contributed by atoms with E-state index in [1.165, 1.54) is 0 Å². The monoisotopic (exact) mass is 282 g/mol. The molecule has 1 aromatic rings. The highest BCUT2D eigenvalue weighted by Gasteiger charge is 2.13. The van der Waals surface area contributed by atoms with Gasteiger partial charge in [0.2, 0.25) is 0 Å². The fourth-order valence-electron chi connectivity index (χ4n) is 1.43. The zero-order valence-electron chi connectivity index (χ0n) is 10.2. The van der Waals surface area contributed by atoms with Gasteiger partial charge in [-0.2, -0.15) is 0 Å². The van der Waals surface area contributed by atoms with Crippen LogP contribution in [0, 0.1) is 5.41 Å². The van der Waals surface area contributed by atoms with Crippen LogP contribution in [0.4, 0.5) is 0 Å². The summed E-state index contributed by atoms with van der Waals surface area (Å²) in [6.45, 7) is 6.50. The van der Waals surface area contributed by atoms with Crippen LogP contribution in [0.25, 0.3) is 0 Å². The van der Waals surface area contributed by atoms with Crippen molar-refractivity contribution in [3.63, 3.8) is 0 Å². The van der Waals surface area contributed by atoms with Crippen molar-refractivity contribution in [2.75, 3.05) is 0 Å². The van der Waals surface area contributed by atoms with Crippen LogP contribution in [0.3, 0.4) is 0 Å². The first-order chi connectivity index (χ1) is 7.37. The minimum Gasteiger partial charge on any atom is -0.299 e. The van der Waals surface area contributed by atoms with Crippen LogP contribution >= 0.6 is 15.9 Å². The molecule has 0 saturated carbocycles. The second kappa shape index (κ2) is 5.62. The number of carbonyl (C=O) groups excluding carboxylic acids is 1. The Morgan fingerprint density at radius 1 is 1.19 bits per heavy atom. The van der Waals surface area contributed by atoms with Gasteiger partial charge in [-0.15, -0.1) is 0 Å². The van der Waals surface area contributed by atoms with Gasteiger partial charge in [-0.05, 0) is 29.5 Å². The molecule has 0 N–H and O–H groups in total. The molecule has 0 atom stereocenters. The molecule has 1 rings (SSSR count). The summed E-state index contributed by atoms with van der Waals surface area (Å²) in [5, 5.41) is 0. The second-order valence-corrected chi connectivity index (χ2v) is 6.32. The van der Waals surface area contributed by atoms with Crippen molar-refractivity contribution < 1.29 is 4.79 Å². The number of Topliss-reactive ketones (excluding diaryl/α,β-unsaturated/α-hetero) is 1. The number of rotatable bonds is 4. The first-order valence-corrected chi connectivity index (χ1v) is 6.42. The van der Waals surface area contributed by atoms with Crippen LogP contribution in [-0.4, -0.2) is 5.78 Å². The van der Waals surface area contributed by atoms with Crippen LogP contribution in [0.5, 0.6) is 0 Å². The average molecular weight is 283 g/mol. The Labute approximate surface area is 106 Å². The maximum Gasteiger partial charge on any atom is 0.137 e. The molecule has 88 valence electrons. The quantitative estimate of drug-likeness (QED) is 0.801. The van der Waals surface area contributed by atoms with Gasteiger partial charge in [0.05, 0.1) is 0 Å². The van der Waals surface area contributed by atoms with Gasteiger partial charge in [0.1, 0.15) is 5.78 Å². The van der Waals surface area contributed by atoms with Crippen molar-refractivity contribution in [2.24, 2.45) is 5.41 Å². The topological polar surface area (TPSA) is 17.1 Å². The third kappa shape index (κ3) is 5.45. The van der Waals surface area contributed by atoms with E-state index in [0.29, 0.717) is 18.6 Å². The van der Waals surface area contributed by atoms with E-state index in [0.717, 1.165) is 16.5 Å². The Kier molecular flexibility index (Phi) is 4.72. The highest BCUT2D eigenvalue weighted by Crippen LogP contribution is 2.21. The summed E-state index contributed by atoms with van der Waals surface area (Å²) < 4.78 is 1.05. The van der Waals surface area contributed by atoms with E-state index >= 15 is 0 Å². The van der Waals surface area contributed by atoms with Gasteiger partial charge in [0, 0.05) is 17.3 Å². The molecule has 0 fully saturated rings. The Balaban J connectivity index is 2.43. The molecule has 0 radical (unpaired) electrons. The van der Waals surface area contributed by atoms with Crippen LogP contribution in [0.2, 0.25) is 0 Å². The minimum absolute atomic E-state index is 0.245. The molecule has 1 aromatic carbocycles. The summed E-state index contributed by atoms with van der Waals surface area (Å²) >= 11 is 3.38. The van der Waals surface area contributed by atoms with Gasteiger partial charge < -0.3 is 0 Å². The van der Waals surface area contributed by atoms with Gasteiger partial charge in [0.25, 0.3) is 0 Å². The molecule has 0 heterocycles. The molecule has 0 aliphatic rings. The van der Waals surface area contributed by atoms with Crippen molar-refractivity contribution in [1.29, 1.82) is 0 Å². The third-order valence-corrected chi connectivity index (χ3v) is 3.00. The summed E-state index contributed by atoms with van der Waals surface area (Å²) in [4.78, 5) is 11.7. The number of hydrogen-bond acceptors (Lipinski definition) is 1. The van der Waals surface area contributed by atoms with Crippen molar-refractivity contribution in [3.05, 3.63) is 34.3 Å². The predicted octanol–water partition coefficient (Wildman–Crippen LogP) is 4.39. The Hall–Kier alpha value is -0.630. The van der Waals surface area contributed by atoms with Crippen molar-refractivity contribution in [1.82, 2.24) is 0 Å². The summed E-state index contributed by atoms with van der Waals surface area (Å²) in [5.74, 6) is 0.331. The number of benzene rings is 1. The molecular formula is C14H19BrO. The first kappa shape index (κ1) is 13.4.